The molecule has 1 aromatic rings. The number of benzene rings is 1. The van der Waals surface area contributed by atoms with E-state index in [1.54, 1.807) is 24.3 Å². The van der Waals surface area contributed by atoms with E-state index in [1.165, 1.54) is 0 Å². The van der Waals surface area contributed by atoms with Crippen molar-refractivity contribution in [3.8, 4) is 0 Å². The molecule has 0 aliphatic heterocycles. The summed E-state index contributed by atoms with van der Waals surface area (Å²) in [6.07, 6.45) is 0. The second kappa shape index (κ2) is 4.48. The average Bonchev–Trinajstić information content (AvgIpc) is 2.06. The lowest BCUT2D eigenvalue weighted by Crippen LogP contribution is -2.02. The lowest BCUT2D eigenvalue weighted by Gasteiger charge is -1.99. The van der Waals surface area contributed by atoms with E-state index < -0.39 is 5.97 Å². The molecule has 4 heteroatoms. The topological polar surface area (TPSA) is 26.3 Å². The molecule has 0 aromatic heterocycles. The van der Waals surface area contributed by atoms with E-state index in [0.29, 0.717) is 5.56 Å². The second-order valence-corrected chi connectivity index (χ2v) is 3.18. The molecule has 0 saturated carbocycles. The number of hydrogen-bond donors (Lipinski definition) is 0. The van der Waals surface area contributed by atoms with Gasteiger partial charge in [0.25, 0.3) is 0 Å². The van der Waals surface area contributed by atoms with Gasteiger partial charge < -0.3 is 4.74 Å². The summed E-state index contributed by atoms with van der Waals surface area (Å²) in [5.74, 6) is -0.405. The summed E-state index contributed by atoms with van der Waals surface area (Å²) in [6.45, 7) is 0. The summed E-state index contributed by atoms with van der Waals surface area (Å²) < 4.78 is 5.50. The quantitative estimate of drug-likeness (QED) is 0.595. The SMILES string of the molecule is O=C(OCCl)c1ccc(Br)cc1. The smallest absolute Gasteiger partial charge is 0.339 e. The molecule has 64 valence electrons. The van der Waals surface area contributed by atoms with Gasteiger partial charge in [-0.2, -0.15) is 0 Å². The van der Waals surface area contributed by atoms with Crippen LogP contribution in [-0.4, -0.2) is 12.0 Å². The maximum Gasteiger partial charge on any atom is 0.339 e. The molecule has 0 aliphatic rings. The van der Waals surface area contributed by atoms with Gasteiger partial charge in [-0.3, -0.25) is 0 Å². The van der Waals surface area contributed by atoms with Gasteiger partial charge in [-0.05, 0) is 24.3 Å². The Balaban J connectivity index is 2.75. The third-order valence-corrected chi connectivity index (χ3v) is 1.90. The van der Waals surface area contributed by atoms with Crippen molar-refractivity contribution in [1.82, 2.24) is 0 Å². The van der Waals surface area contributed by atoms with Crippen molar-refractivity contribution < 1.29 is 9.53 Å². The number of rotatable bonds is 2. The Hall–Kier alpha value is -0.540. The molecule has 0 saturated heterocycles. The summed E-state index contributed by atoms with van der Waals surface area (Å²) in [6, 6.07) is 6.75. The zero-order valence-corrected chi connectivity index (χ0v) is 8.43. The molecule has 0 amide bonds. The highest BCUT2D eigenvalue weighted by Crippen LogP contribution is 2.11. The number of carbonyl (C=O) groups is 1. The first-order valence-corrected chi connectivity index (χ1v) is 4.55. The Morgan fingerprint density at radius 1 is 1.42 bits per heavy atom. The van der Waals surface area contributed by atoms with Gasteiger partial charge in [0.05, 0.1) is 5.56 Å². The Morgan fingerprint density at radius 3 is 2.50 bits per heavy atom. The first-order chi connectivity index (χ1) is 5.74. The fourth-order valence-corrected chi connectivity index (χ4v) is 1.08. The normalized spacial score (nSPS) is 9.50. The number of hydrogen-bond acceptors (Lipinski definition) is 2. The molecular formula is C8H6BrClO2. The van der Waals surface area contributed by atoms with Gasteiger partial charge in [0.15, 0.2) is 6.07 Å². The maximum absolute atomic E-state index is 11.0. The van der Waals surface area contributed by atoms with Gasteiger partial charge in [-0.15, -0.1) is 0 Å². The van der Waals surface area contributed by atoms with E-state index >= 15 is 0 Å². The van der Waals surface area contributed by atoms with Crippen LogP contribution in [0.4, 0.5) is 0 Å². The van der Waals surface area contributed by atoms with E-state index in [4.69, 9.17) is 11.6 Å². The van der Waals surface area contributed by atoms with Gasteiger partial charge in [-0.25, -0.2) is 4.79 Å². The molecule has 0 atom stereocenters. The van der Waals surface area contributed by atoms with E-state index in [0.717, 1.165) is 4.47 Å². The number of ether oxygens (including phenoxy) is 1. The predicted octanol–water partition coefficient (Wildman–Crippen LogP) is 2.80. The molecule has 1 rings (SSSR count). The Kier molecular flexibility index (Phi) is 3.56. The standard InChI is InChI=1S/C8H6BrClO2/c9-7-3-1-6(2-4-7)8(11)12-5-10/h1-4H,5H2. The summed E-state index contributed by atoms with van der Waals surface area (Å²) in [7, 11) is 0. The molecule has 0 spiro atoms. The highest BCUT2D eigenvalue weighted by Gasteiger charge is 2.04. The molecule has 0 aliphatic carbocycles. The van der Waals surface area contributed by atoms with Gasteiger partial charge in [0.1, 0.15) is 0 Å². The highest BCUT2D eigenvalue weighted by atomic mass is 79.9. The fraction of sp³-hybridized carbons (Fsp3) is 0.125. The number of esters is 1. The summed E-state index contributed by atoms with van der Waals surface area (Å²) in [5.41, 5.74) is 0.499. The van der Waals surface area contributed by atoms with Crippen molar-refractivity contribution in [2.75, 3.05) is 6.07 Å². The van der Waals surface area contributed by atoms with Crippen LogP contribution >= 0.6 is 27.5 Å². The average molecular weight is 249 g/mol. The second-order valence-electron chi connectivity index (χ2n) is 2.05. The lowest BCUT2D eigenvalue weighted by molar-refractivity contribution is 0.0574. The zero-order valence-electron chi connectivity index (χ0n) is 6.09. The molecule has 1 aromatic carbocycles. The summed E-state index contributed by atoms with van der Waals surface area (Å²) in [4.78, 5) is 11.0. The van der Waals surface area contributed by atoms with Crippen LogP contribution in [0.3, 0.4) is 0 Å². The van der Waals surface area contributed by atoms with Crippen molar-refractivity contribution in [3.63, 3.8) is 0 Å². The van der Waals surface area contributed by atoms with Crippen LogP contribution in [0, 0.1) is 0 Å². The van der Waals surface area contributed by atoms with Crippen LogP contribution in [-0.2, 0) is 4.74 Å². The minimum absolute atomic E-state index is 0.116. The number of carbonyl (C=O) groups excluding carboxylic acids is 1. The highest BCUT2D eigenvalue weighted by molar-refractivity contribution is 9.10. The monoisotopic (exact) mass is 248 g/mol. The van der Waals surface area contributed by atoms with E-state index in [-0.39, 0.29) is 6.07 Å². The minimum Gasteiger partial charge on any atom is -0.446 e. The molecule has 0 radical (unpaired) electrons. The third-order valence-electron chi connectivity index (χ3n) is 1.27. The first-order valence-electron chi connectivity index (χ1n) is 3.22. The van der Waals surface area contributed by atoms with E-state index in [9.17, 15) is 4.79 Å². The number of halogens is 2. The first kappa shape index (κ1) is 9.55. The van der Waals surface area contributed by atoms with Crippen LogP contribution in [0.1, 0.15) is 10.4 Å². The van der Waals surface area contributed by atoms with Crippen molar-refractivity contribution in [2.24, 2.45) is 0 Å². The predicted molar refractivity (Wildman–Crippen MR) is 50.3 cm³/mol. The molecule has 0 heterocycles. The van der Waals surface area contributed by atoms with Gasteiger partial charge in [0, 0.05) is 4.47 Å². The Bertz CT molecular complexity index is 271. The van der Waals surface area contributed by atoms with Crippen LogP contribution in [0.15, 0.2) is 28.7 Å². The zero-order chi connectivity index (χ0) is 8.97. The van der Waals surface area contributed by atoms with Crippen LogP contribution in [0.25, 0.3) is 0 Å². The molecule has 0 N–H and O–H groups in total. The Morgan fingerprint density at radius 2 is 2.00 bits per heavy atom. The van der Waals surface area contributed by atoms with Crippen molar-refractivity contribution in [2.45, 2.75) is 0 Å². The maximum atomic E-state index is 11.0. The summed E-state index contributed by atoms with van der Waals surface area (Å²) in [5, 5.41) is 0. The minimum atomic E-state index is -0.405. The molecule has 2 nitrogen and oxygen atoms in total. The van der Waals surface area contributed by atoms with Gasteiger partial charge in [-0.1, -0.05) is 27.5 Å². The molecule has 0 unspecified atom stereocenters. The Labute approximate surface area is 83.6 Å². The largest absolute Gasteiger partial charge is 0.446 e. The van der Waals surface area contributed by atoms with Gasteiger partial charge >= 0.3 is 5.97 Å². The van der Waals surface area contributed by atoms with Crippen molar-refractivity contribution in [3.05, 3.63) is 34.3 Å². The van der Waals surface area contributed by atoms with Crippen molar-refractivity contribution in [1.29, 1.82) is 0 Å². The van der Waals surface area contributed by atoms with Gasteiger partial charge in [0.2, 0.25) is 0 Å². The van der Waals surface area contributed by atoms with E-state index in [1.807, 2.05) is 0 Å². The van der Waals surface area contributed by atoms with E-state index in [2.05, 4.69) is 20.7 Å². The van der Waals surface area contributed by atoms with Crippen LogP contribution in [0.5, 0.6) is 0 Å². The molecule has 0 fully saturated rings. The lowest BCUT2D eigenvalue weighted by atomic mass is 10.2. The molecular weight excluding hydrogens is 243 g/mol. The third kappa shape index (κ3) is 2.50. The van der Waals surface area contributed by atoms with Crippen LogP contribution < -0.4 is 0 Å². The fourth-order valence-electron chi connectivity index (χ4n) is 0.719. The van der Waals surface area contributed by atoms with Crippen molar-refractivity contribution >= 4 is 33.5 Å². The molecule has 0 bridgehead atoms. The summed E-state index contributed by atoms with van der Waals surface area (Å²) >= 11 is 8.48. The molecule has 12 heavy (non-hydrogen) atoms. The number of alkyl halides is 1. The van der Waals surface area contributed by atoms with Crippen LogP contribution in [0.2, 0.25) is 0 Å².